The van der Waals surface area contributed by atoms with Crippen molar-refractivity contribution in [1.82, 2.24) is 15.2 Å². The number of nitrogens with zero attached hydrogens (tertiary/aromatic N) is 2. The number of alkyl carbamates (subject to hydrolysis) is 1. The molecule has 2 aromatic rings. The summed E-state index contributed by atoms with van der Waals surface area (Å²) < 4.78 is 13.8. The molecule has 2 aliphatic rings. The molecule has 1 aliphatic heterocycles. The van der Waals surface area contributed by atoms with E-state index in [9.17, 15) is 19.5 Å². The number of carbonyl (C=O) groups excluding carboxylic acids is 3. The standard InChI is InChI=1S/C32H36N4O6/c1-5-35(16-15-29(37)33-3)21-11-13-25-27(19-21)42-28-20-22(36(6-2)17-18-41-32(40)34-4)12-14-26(28)30(25)23-9-7-8-10-24(23)31(38)39/h7-14,19-20H,5-6,15-18H2,1-4H3,(H2-,33,34,37,38,39,40). The van der Waals surface area contributed by atoms with E-state index < -0.39 is 12.1 Å². The highest BCUT2D eigenvalue weighted by Gasteiger charge is 2.21. The van der Waals surface area contributed by atoms with Gasteiger partial charge in [-0.2, -0.15) is 0 Å². The number of carboxylic acids is 1. The van der Waals surface area contributed by atoms with Crippen LogP contribution in [0.4, 0.5) is 10.5 Å². The summed E-state index contributed by atoms with van der Waals surface area (Å²) in [5, 5.41) is 18.9. The van der Waals surface area contributed by atoms with Crippen molar-refractivity contribution in [3.05, 3.63) is 71.6 Å². The van der Waals surface area contributed by atoms with Gasteiger partial charge < -0.3 is 34.6 Å². The molecular formula is C32H36N4O6. The molecule has 0 unspecified atom stereocenters. The summed E-state index contributed by atoms with van der Waals surface area (Å²) in [6.45, 7) is 6.59. The number of anilines is 1. The second-order valence-electron chi connectivity index (χ2n) is 9.64. The summed E-state index contributed by atoms with van der Waals surface area (Å²) in [6, 6.07) is 18.4. The lowest BCUT2D eigenvalue weighted by Gasteiger charge is -2.24. The number of rotatable bonds is 11. The number of carbonyl (C=O) groups is 3. The van der Waals surface area contributed by atoms with Crippen molar-refractivity contribution in [3.63, 3.8) is 0 Å². The second-order valence-corrected chi connectivity index (χ2v) is 9.64. The number of hydrogen-bond acceptors (Lipinski definition) is 7. The predicted octanol–water partition coefficient (Wildman–Crippen LogP) is 2.68. The maximum Gasteiger partial charge on any atom is 0.406 e. The van der Waals surface area contributed by atoms with Crippen LogP contribution in [0.1, 0.15) is 30.6 Å². The van der Waals surface area contributed by atoms with Crippen molar-refractivity contribution >= 4 is 34.6 Å². The summed E-state index contributed by atoms with van der Waals surface area (Å²) in [4.78, 5) is 37.6. The van der Waals surface area contributed by atoms with E-state index in [0.717, 1.165) is 27.6 Å². The Balaban J connectivity index is 1.93. The molecule has 0 bridgehead atoms. The van der Waals surface area contributed by atoms with E-state index >= 15 is 0 Å². The average Bonchev–Trinajstić information content (AvgIpc) is 3.01. The molecule has 0 atom stereocenters. The first-order valence-corrected chi connectivity index (χ1v) is 14.0. The van der Waals surface area contributed by atoms with Gasteiger partial charge in [-0.05, 0) is 37.6 Å². The van der Waals surface area contributed by atoms with Crippen molar-refractivity contribution in [1.29, 1.82) is 0 Å². The van der Waals surface area contributed by atoms with Crippen LogP contribution in [-0.2, 0) is 9.53 Å². The van der Waals surface area contributed by atoms with Crippen LogP contribution in [0.2, 0.25) is 0 Å². The maximum absolute atomic E-state index is 12.1. The number of fused-ring (bicyclic) bond motifs is 2. The topological polar surface area (TPSA) is 127 Å². The van der Waals surface area contributed by atoms with E-state index in [-0.39, 0.29) is 18.1 Å². The molecule has 1 aliphatic carbocycles. The van der Waals surface area contributed by atoms with Gasteiger partial charge in [-0.3, -0.25) is 4.79 Å². The van der Waals surface area contributed by atoms with E-state index in [1.165, 1.54) is 13.1 Å². The van der Waals surface area contributed by atoms with Gasteiger partial charge in [-0.15, -0.1) is 0 Å². The predicted molar refractivity (Wildman–Crippen MR) is 160 cm³/mol. The third kappa shape index (κ3) is 6.54. The lowest BCUT2D eigenvalue weighted by atomic mass is 9.90. The molecule has 0 spiro atoms. The molecule has 0 aromatic heterocycles. The number of ether oxygens (including phenoxy) is 1. The molecule has 1 heterocycles. The fraction of sp³-hybridized carbons (Fsp3) is 0.312. The van der Waals surface area contributed by atoms with Crippen molar-refractivity contribution in [2.24, 2.45) is 0 Å². The molecule has 2 N–H and O–H groups in total. The van der Waals surface area contributed by atoms with Crippen molar-refractivity contribution < 1.29 is 28.6 Å². The van der Waals surface area contributed by atoms with Crippen LogP contribution in [0, 0.1) is 0 Å². The Morgan fingerprint density at radius 1 is 0.976 bits per heavy atom. The van der Waals surface area contributed by atoms with Gasteiger partial charge in [0.15, 0.2) is 6.54 Å². The molecule has 2 amide bonds. The Labute approximate surface area is 244 Å². The first kappa shape index (κ1) is 30.1. The van der Waals surface area contributed by atoms with Crippen LogP contribution in [0.25, 0.3) is 33.4 Å². The van der Waals surface area contributed by atoms with Gasteiger partial charge in [-0.1, -0.05) is 24.3 Å². The number of nitrogens with one attached hydrogen (secondary N) is 2. The molecule has 0 fully saturated rings. The van der Waals surface area contributed by atoms with Gasteiger partial charge in [0, 0.05) is 60.5 Å². The second kappa shape index (κ2) is 13.7. The van der Waals surface area contributed by atoms with E-state index in [4.69, 9.17) is 9.15 Å². The molecule has 42 heavy (non-hydrogen) atoms. The number of aromatic carboxylic acids is 1. The summed E-state index contributed by atoms with van der Waals surface area (Å²) in [5.41, 5.74) is 3.53. The van der Waals surface area contributed by atoms with E-state index in [1.807, 2.05) is 50.2 Å². The Morgan fingerprint density at radius 3 is 2.45 bits per heavy atom. The monoisotopic (exact) mass is 572 g/mol. The highest BCUT2D eigenvalue weighted by atomic mass is 16.5. The zero-order valence-electron chi connectivity index (χ0n) is 24.4. The first-order valence-electron chi connectivity index (χ1n) is 14.0. The molecule has 10 nitrogen and oxygen atoms in total. The minimum atomic E-state index is -1.26. The summed E-state index contributed by atoms with van der Waals surface area (Å²) >= 11 is 0. The van der Waals surface area contributed by atoms with E-state index in [0.29, 0.717) is 49.5 Å². The van der Waals surface area contributed by atoms with E-state index in [1.54, 1.807) is 25.2 Å². The maximum atomic E-state index is 12.1. The quantitative estimate of drug-likeness (QED) is 0.209. The number of carboxylic acid groups (broad SMARTS) is 1. The van der Waals surface area contributed by atoms with Crippen LogP contribution in [0.5, 0.6) is 0 Å². The number of likely N-dealkylation sites (N-methyl/N-ethyl adjacent to an activating group) is 1. The minimum absolute atomic E-state index is 0.0418. The fourth-order valence-corrected chi connectivity index (χ4v) is 5.05. The summed E-state index contributed by atoms with van der Waals surface area (Å²) in [6.07, 6.45) is -0.143. The SMILES string of the molecule is CCN(CCOC(=O)NC)c1ccc2c(-c3ccccc3C(=O)[O-])c3ccc(=[N+](CC)CCC(=O)NC)cc-3oc2c1. The van der Waals surface area contributed by atoms with Gasteiger partial charge in [0.05, 0.1) is 25.0 Å². The molecule has 0 radical (unpaired) electrons. The molecule has 0 saturated carbocycles. The number of hydrogen-bond donors (Lipinski definition) is 2. The molecule has 4 rings (SSSR count). The molecular weight excluding hydrogens is 536 g/mol. The Kier molecular flexibility index (Phi) is 9.80. The van der Waals surface area contributed by atoms with Crippen molar-refractivity contribution in [2.45, 2.75) is 20.3 Å². The Hall–Kier alpha value is -4.86. The third-order valence-corrected chi connectivity index (χ3v) is 7.29. The fourth-order valence-electron chi connectivity index (χ4n) is 5.05. The Bertz CT molecular complexity index is 1640. The minimum Gasteiger partial charge on any atom is -0.545 e. The van der Waals surface area contributed by atoms with Crippen molar-refractivity contribution in [2.75, 3.05) is 51.8 Å². The number of amides is 2. The van der Waals surface area contributed by atoms with Crippen LogP contribution >= 0.6 is 0 Å². The Morgan fingerprint density at radius 2 is 1.76 bits per heavy atom. The van der Waals surface area contributed by atoms with Crippen LogP contribution in [0.3, 0.4) is 0 Å². The average molecular weight is 573 g/mol. The zero-order chi connectivity index (χ0) is 30.2. The third-order valence-electron chi connectivity index (χ3n) is 7.29. The molecule has 0 saturated heterocycles. The normalized spacial score (nSPS) is 11.7. The van der Waals surface area contributed by atoms with Gasteiger partial charge >= 0.3 is 6.09 Å². The van der Waals surface area contributed by atoms with Crippen molar-refractivity contribution in [3.8, 4) is 22.5 Å². The van der Waals surface area contributed by atoms with Crippen LogP contribution < -0.4 is 30.6 Å². The van der Waals surface area contributed by atoms with Crippen LogP contribution in [0.15, 0.2) is 65.1 Å². The lowest BCUT2D eigenvalue weighted by molar-refractivity contribution is -0.254. The molecule has 10 heteroatoms. The smallest absolute Gasteiger partial charge is 0.406 e. The lowest BCUT2D eigenvalue weighted by Crippen LogP contribution is -2.33. The van der Waals surface area contributed by atoms with Gasteiger partial charge in [-0.25, -0.2) is 9.37 Å². The summed E-state index contributed by atoms with van der Waals surface area (Å²) in [7, 11) is 3.13. The molecule has 2 aromatic carbocycles. The van der Waals surface area contributed by atoms with Gasteiger partial charge in [0.2, 0.25) is 11.3 Å². The largest absolute Gasteiger partial charge is 0.545 e. The highest BCUT2D eigenvalue weighted by Crippen LogP contribution is 2.41. The highest BCUT2D eigenvalue weighted by molar-refractivity contribution is 6.07. The van der Waals surface area contributed by atoms with Crippen LogP contribution in [-0.4, -0.2) is 64.9 Å². The number of benzene rings is 3. The zero-order valence-corrected chi connectivity index (χ0v) is 24.4. The molecule has 220 valence electrons. The van der Waals surface area contributed by atoms with Gasteiger partial charge in [0.1, 0.15) is 24.5 Å². The van der Waals surface area contributed by atoms with Gasteiger partial charge in [0.25, 0.3) is 0 Å². The summed E-state index contributed by atoms with van der Waals surface area (Å²) in [5.74, 6) is -0.731. The first-order chi connectivity index (χ1) is 20.3. The van der Waals surface area contributed by atoms with E-state index in [2.05, 4.69) is 20.1 Å².